The molecule has 0 bridgehead atoms. The topological polar surface area (TPSA) is 108 Å². The average Bonchev–Trinajstić information content (AvgIpc) is 3.51. The Morgan fingerprint density at radius 1 is 1.03 bits per heavy atom. The molecule has 1 saturated heterocycles. The molecule has 0 aliphatic carbocycles. The third-order valence-electron chi connectivity index (χ3n) is 5.59. The number of nitrogens with zero attached hydrogens (tertiary/aromatic N) is 5. The third-order valence-corrected chi connectivity index (χ3v) is 5.59. The van der Waals surface area contributed by atoms with E-state index in [9.17, 15) is 22.8 Å². The number of piperazine rings is 1. The molecule has 4 heterocycles. The fourth-order valence-electron chi connectivity index (χ4n) is 3.82. The summed E-state index contributed by atoms with van der Waals surface area (Å²) < 4.78 is 42.2. The van der Waals surface area contributed by atoms with E-state index in [1.54, 1.807) is 24.4 Å². The summed E-state index contributed by atoms with van der Waals surface area (Å²) in [5.74, 6) is -2.18. The fraction of sp³-hybridized carbons (Fsp3) is 0.227. The van der Waals surface area contributed by atoms with E-state index in [2.05, 4.69) is 24.6 Å². The molecule has 12 heteroatoms. The lowest BCUT2D eigenvalue weighted by atomic mass is 10.1. The molecule has 0 saturated carbocycles. The Kier molecular flexibility index (Phi) is 5.27. The van der Waals surface area contributed by atoms with Crippen LogP contribution in [0.5, 0.6) is 0 Å². The van der Waals surface area contributed by atoms with Gasteiger partial charge in [0.2, 0.25) is 5.82 Å². The number of amides is 1. The van der Waals surface area contributed by atoms with Crippen LogP contribution in [0.3, 0.4) is 0 Å². The van der Waals surface area contributed by atoms with Crippen LogP contribution in [0.1, 0.15) is 16.2 Å². The average molecular weight is 470 g/mol. The van der Waals surface area contributed by atoms with Gasteiger partial charge in [-0.25, -0.2) is 4.98 Å². The molecular weight excluding hydrogens is 453 g/mol. The van der Waals surface area contributed by atoms with Gasteiger partial charge >= 0.3 is 12.1 Å². The van der Waals surface area contributed by atoms with Crippen molar-refractivity contribution < 1.29 is 27.3 Å². The SMILES string of the molecule is O=C(C(=O)N1CCN(c2ccc(-c3noc(C(F)(F)F)n3)cn2)CC1)c1c[nH]c2ccccc12. The zero-order valence-corrected chi connectivity index (χ0v) is 17.5. The van der Waals surface area contributed by atoms with Crippen molar-refractivity contribution in [1.29, 1.82) is 0 Å². The molecule has 9 nitrogen and oxygen atoms in total. The molecule has 34 heavy (non-hydrogen) atoms. The molecule has 1 N–H and O–H groups in total. The van der Waals surface area contributed by atoms with Crippen molar-refractivity contribution in [3.8, 4) is 11.4 Å². The molecule has 0 radical (unpaired) electrons. The molecule has 0 atom stereocenters. The number of aromatic nitrogens is 4. The lowest BCUT2D eigenvalue weighted by Crippen LogP contribution is -2.50. The highest BCUT2D eigenvalue weighted by molar-refractivity contribution is 6.44. The number of pyridine rings is 1. The predicted octanol–water partition coefficient (Wildman–Crippen LogP) is 3.16. The van der Waals surface area contributed by atoms with E-state index in [1.165, 1.54) is 11.1 Å². The number of benzene rings is 1. The zero-order valence-electron chi connectivity index (χ0n) is 17.5. The minimum absolute atomic E-state index is 0.211. The summed E-state index contributed by atoms with van der Waals surface area (Å²) >= 11 is 0. The van der Waals surface area contributed by atoms with Crippen molar-refractivity contribution >= 4 is 28.4 Å². The van der Waals surface area contributed by atoms with Gasteiger partial charge in [0.05, 0.1) is 5.56 Å². The second-order valence-electron chi connectivity index (χ2n) is 7.68. The number of hydrogen-bond acceptors (Lipinski definition) is 7. The Morgan fingerprint density at radius 2 is 1.79 bits per heavy atom. The van der Waals surface area contributed by atoms with Gasteiger partial charge in [-0.05, 0) is 18.2 Å². The second kappa shape index (κ2) is 8.28. The van der Waals surface area contributed by atoms with Crippen LogP contribution in [0.15, 0.2) is 53.3 Å². The Balaban J connectivity index is 1.22. The molecule has 174 valence electrons. The normalized spacial score (nSPS) is 14.6. The lowest BCUT2D eigenvalue weighted by Gasteiger charge is -2.35. The number of anilines is 1. The van der Waals surface area contributed by atoms with E-state index < -0.39 is 23.8 Å². The first-order valence-corrected chi connectivity index (χ1v) is 10.3. The van der Waals surface area contributed by atoms with Crippen molar-refractivity contribution in [2.45, 2.75) is 6.18 Å². The van der Waals surface area contributed by atoms with Gasteiger partial charge in [0.25, 0.3) is 11.7 Å². The largest absolute Gasteiger partial charge is 0.471 e. The molecule has 1 amide bonds. The summed E-state index contributed by atoms with van der Waals surface area (Å²) in [5, 5.41) is 4.04. The summed E-state index contributed by atoms with van der Waals surface area (Å²) in [7, 11) is 0. The number of carbonyl (C=O) groups excluding carboxylic acids is 2. The Morgan fingerprint density at radius 3 is 2.47 bits per heavy atom. The summed E-state index contributed by atoms with van der Waals surface area (Å²) in [4.78, 5) is 39.6. The first-order chi connectivity index (χ1) is 16.3. The molecular formula is C22H17F3N6O3. The number of ketones is 1. The summed E-state index contributed by atoms with van der Waals surface area (Å²) in [6.45, 7) is 1.55. The molecule has 1 aliphatic heterocycles. The molecule has 5 rings (SSSR count). The number of H-pyrrole nitrogens is 1. The number of para-hydroxylation sites is 1. The smallest absolute Gasteiger partial charge is 0.360 e. The van der Waals surface area contributed by atoms with E-state index in [0.717, 1.165) is 5.52 Å². The van der Waals surface area contributed by atoms with E-state index in [0.29, 0.717) is 42.9 Å². The number of aromatic amines is 1. The first-order valence-electron chi connectivity index (χ1n) is 10.3. The van der Waals surface area contributed by atoms with Crippen LogP contribution in [0, 0.1) is 0 Å². The van der Waals surface area contributed by atoms with Crippen LogP contribution in [-0.4, -0.2) is 62.9 Å². The molecule has 3 aromatic heterocycles. The van der Waals surface area contributed by atoms with Gasteiger partial charge in [-0.15, -0.1) is 0 Å². The summed E-state index contributed by atoms with van der Waals surface area (Å²) in [6.07, 6.45) is -1.81. The Hall–Kier alpha value is -4.22. The van der Waals surface area contributed by atoms with Gasteiger partial charge < -0.3 is 19.3 Å². The Labute approximate surface area is 190 Å². The van der Waals surface area contributed by atoms with Crippen LogP contribution in [-0.2, 0) is 11.0 Å². The van der Waals surface area contributed by atoms with E-state index >= 15 is 0 Å². The maximum atomic E-state index is 12.8. The number of fused-ring (bicyclic) bond motifs is 1. The first kappa shape index (κ1) is 21.6. The van der Waals surface area contributed by atoms with Crippen LogP contribution in [0.2, 0.25) is 0 Å². The minimum atomic E-state index is -4.72. The molecule has 1 fully saturated rings. The third kappa shape index (κ3) is 3.98. The fourth-order valence-corrected chi connectivity index (χ4v) is 3.82. The van der Waals surface area contributed by atoms with Gasteiger partial charge in [-0.3, -0.25) is 9.59 Å². The van der Waals surface area contributed by atoms with E-state index in [4.69, 9.17) is 0 Å². The molecule has 1 aromatic carbocycles. The number of halogens is 3. The van der Waals surface area contributed by atoms with Gasteiger partial charge in [0.15, 0.2) is 0 Å². The van der Waals surface area contributed by atoms with Crippen LogP contribution >= 0.6 is 0 Å². The van der Waals surface area contributed by atoms with Gasteiger partial charge in [0.1, 0.15) is 5.82 Å². The highest BCUT2D eigenvalue weighted by Gasteiger charge is 2.38. The van der Waals surface area contributed by atoms with Gasteiger partial charge in [-0.1, -0.05) is 23.4 Å². The number of Topliss-reactive ketones (excluding diaryl/α,β-unsaturated/α-hetero) is 1. The number of hydrogen-bond donors (Lipinski definition) is 1. The van der Waals surface area contributed by atoms with Crippen molar-refractivity contribution in [2.75, 3.05) is 31.1 Å². The Bertz CT molecular complexity index is 1350. The second-order valence-corrected chi connectivity index (χ2v) is 7.68. The van der Waals surface area contributed by atoms with Gasteiger partial charge in [-0.2, -0.15) is 18.2 Å². The molecule has 0 spiro atoms. The quantitative estimate of drug-likeness (QED) is 0.361. The van der Waals surface area contributed by atoms with Gasteiger partial charge in [0, 0.05) is 55.0 Å². The summed E-state index contributed by atoms with van der Waals surface area (Å²) in [6, 6.07) is 10.5. The van der Waals surface area contributed by atoms with Crippen molar-refractivity contribution in [2.24, 2.45) is 0 Å². The van der Waals surface area contributed by atoms with E-state index in [-0.39, 0.29) is 11.4 Å². The molecule has 0 unspecified atom stereocenters. The predicted molar refractivity (Wildman–Crippen MR) is 114 cm³/mol. The summed E-state index contributed by atoms with van der Waals surface area (Å²) in [5.41, 5.74) is 1.41. The monoisotopic (exact) mass is 470 g/mol. The maximum Gasteiger partial charge on any atom is 0.471 e. The standard InChI is InChI=1S/C22H17F3N6O3/c23-22(24,25)21-28-19(29-34-21)13-5-6-17(27-11-13)30-7-9-31(10-8-30)20(33)18(32)15-12-26-16-4-2-1-3-14(15)16/h1-6,11-12,26H,7-10H2. The highest BCUT2D eigenvalue weighted by atomic mass is 19.4. The molecule has 1 aliphatic rings. The number of rotatable bonds is 4. The van der Waals surface area contributed by atoms with Crippen molar-refractivity contribution in [3.05, 3.63) is 60.2 Å². The maximum absolute atomic E-state index is 12.8. The van der Waals surface area contributed by atoms with E-state index in [1.807, 2.05) is 23.1 Å². The van der Waals surface area contributed by atoms with Crippen LogP contribution < -0.4 is 4.90 Å². The van der Waals surface area contributed by atoms with Crippen LogP contribution in [0.25, 0.3) is 22.3 Å². The zero-order chi connectivity index (χ0) is 23.9. The number of nitrogens with one attached hydrogen (secondary N) is 1. The van der Waals surface area contributed by atoms with Crippen molar-refractivity contribution in [1.82, 2.24) is 25.0 Å². The van der Waals surface area contributed by atoms with Crippen molar-refractivity contribution in [3.63, 3.8) is 0 Å². The number of carbonyl (C=O) groups is 2. The number of alkyl halides is 3. The highest BCUT2D eigenvalue weighted by Crippen LogP contribution is 2.29. The minimum Gasteiger partial charge on any atom is -0.360 e. The lowest BCUT2D eigenvalue weighted by molar-refractivity contribution is -0.159. The molecule has 4 aromatic rings. The van der Waals surface area contributed by atoms with Crippen LogP contribution in [0.4, 0.5) is 19.0 Å².